The van der Waals surface area contributed by atoms with Gasteiger partial charge in [-0.15, -0.1) is 11.8 Å². The highest BCUT2D eigenvalue weighted by Crippen LogP contribution is 2.25. The Labute approximate surface area is 54.1 Å². The van der Waals surface area contributed by atoms with Crippen molar-refractivity contribution in [1.82, 2.24) is 0 Å². The molecule has 1 aliphatic rings. The van der Waals surface area contributed by atoms with Crippen LogP contribution in [0.5, 0.6) is 0 Å². The van der Waals surface area contributed by atoms with E-state index in [-0.39, 0.29) is 0 Å². The largest absolute Gasteiger partial charge is 0.500 e. The molecule has 0 bridgehead atoms. The second-order valence-corrected chi connectivity index (χ2v) is 3.16. The van der Waals surface area contributed by atoms with Crippen LogP contribution in [0, 0.1) is 0 Å². The van der Waals surface area contributed by atoms with Crippen LogP contribution in [0.3, 0.4) is 0 Å². The molecule has 0 aliphatic carbocycles. The Morgan fingerprint density at radius 1 is 1.88 bits per heavy atom. The van der Waals surface area contributed by atoms with Crippen LogP contribution < -0.4 is 0 Å². The van der Waals surface area contributed by atoms with E-state index in [9.17, 15) is 0 Å². The SMILES string of the molecule is COC1=CCSC1C. The highest BCUT2D eigenvalue weighted by Gasteiger charge is 2.13. The van der Waals surface area contributed by atoms with Crippen molar-refractivity contribution < 1.29 is 4.74 Å². The quantitative estimate of drug-likeness (QED) is 0.533. The van der Waals surface area contributed by atoms with Gasteiger partial charge in [-0.25, -0.2) is 0 Å². The molecule has 0 aromatic rings. The van der Waals surface area contributed by atoms with Crippen molar-refractivity contribution in [2.75, 3.05) is 12.9 Å². The minimum absolute atomic E-state index is 0.583. The number of thioether (sulfide) groups is 1. The molecule has 0 fully saturated rings. The van der Waals surface area contributed by atoms with Crippen LogP contribution in [0.15, 0.2) is 11.8 Å². The highest BCUT2D eigenvalue weighted by molar-refractivity contribution is 8.00. The van der Waals surface area contributed by atoms with Gasteiger partial charge in [0.2, 0.25) is 0 Å². The molecule has 1 aliphatic heterocycles. The van der Waals surface area contributed by atoms with E-state index in [1.807, 2.05) is 11.8 Å². The fourth-order valence-corrected chi connectivity index (χ4v) is 1.68. The lowest BCUT2D eigenvalue weighted by atomic mass is 10.4. The molecule has 1 nitrogen and oxygen atoms in total. The summed E-state index contributed by atoms with van der Waals surface area (Å²) < 4.78 is 5.06. The van der Waals surface area contributed by atoms with Crippen LogP contribution in [0.1, 0.15) is 6.92 Å². The molecule has 0 saturated heterocycles. The average Bonchev–Trinajstić information content (AvgIpc) is 2.14. The van der Waals surface area contributed by atoms with E-state index in [0.29, 0.717) is 5.25 Å². The maximum absolute atomic E-state index is 5.06. The molecule has 1 heterocycles. The molecule has 1 atom stereocenters. The maximum atomic E-state index is 5.06. The van der Waals surface area contributed by atoms with Crippen LogP contribution in [0.25, 0.3) is 0 Å². The third-order valence-electron chi connectivity index (χ3n) is 1.27. The molecule has 0 N–H and O–H groups in total. The van der Waals surface area contributed by atoms with Gasteiger partial charge in [-0.2, -0.15) is 0 Å². The van der Waals surface area contributed by atoms with Gasteiger partial charge >= 0.3 is 0 Å². The molecule has 0 aromatic heterocycles. The first-order chi connectivity index (χ1) is 3.84. The Morgan fingerprint density at radius 3 is 2.88 bits per heavy atom. The fourth-order valence-electron chi connectivity index (χ4n) is 0.772. The summed E-state index contributed by atoms with van der Waals surface area (Å²) >= 11 is 1.91. The lowest BCUT2D eigenvalue weighted by Crippen LogP contribution is -1.96. The van der Waals surface area contributed by atoms with Crippen molar-refractivity contribution in [3.05, 3.63) is 11.8 Å². The summed E-state index contributed by atoms with van der Waals surface area (Å²) in [5.74, 6) is 2.25. The molecule has 8 heavy (non-hydrogen) atoms. The number of hydrogen-bond acceptors (Lipinski definition) is 2. The van der Waals surface area contributed by atoms with E-state index in [2.05, 4.69) is 13.0 Å². The predicted octanol–water partition coefficient (Wildman–Crippen LogP) is 1.65. The van der Waals surface area contributed by atoms with E-state index >= 15 is 0 Å². The Bertz CT molecular complexity index is 109. The number of ether oxygens (including phenoxy) is 1. The molecule has 1 unspecified atom stereocenters. The van der Waals surface area contributed by atoms with Crippen molar-refractivity contribution in [2.24, 2.45) is 0 Å². The molecule has 0 spiro atoms. The van der Waals surface area contributed by atoms with Gasteiger partial charge in [-0.3, -0.25) is 0 Å². The van der Waals surface area contributed by atoms with Crippen molar-refractivity contribution in [1.29, 1.82) is 0 Å². The average molecular weight is 130 g/mol. The number of methoxy groups -OCH3 is 1. The van der Waals surface area contributed by atoms with Crippen LogP contribution in [0.4, 0.5) is 0 Å². The van der Waals surface area contributed by atoms with Gasteiger partial charge in [-0.05, 0) is 13.0 Å². The smallest absolute Gasteiger partial charge is 0.105 e. The minimum Gasteiger partial charge on any atom is -0.500 e. The lowest BCUT2D eigenvalue weighted by molar-refractivity contribution is 0.285. The van der Waals surface area contributed by atoms with Gasteiger partial charge in [0.05, 0.1) is 12.4 Å². The summed E-state index contributed by atoms with van der Waals surface area (Å²) in [7, 11) is 1.73. The summed E-state index contributed by atoms with van der Waals surface area (Å²) in [6, 6.07) is 0. The Morgan fingerprint density at radius 2 is 2.62 bits per heavy atom. The fraction of sp³-hybridized carbons (Fsp3) is 0.667. The van der Waals surface area contributed by atoms with E-state index < -0.39 is 0 Å². The van der Waals surface area contributed by atoms with E-state index in [0.717, 1.165) is 11.5 Å². The molecule has 1 rings (SSSR count). The standard InChI is InChI=1S/C6H10OS/c1-5-6(7-2)3-4-8-5/h3,5H,4H2,1-2H3. The van der Waals surface area contributed by atoms with E-state index in [1.165, 1.54) is 0 Å². The van der Waals surface area contributed by atoms with E-state index in [4.69, 9.17) is 4.74 Å². The van der Waals surface area contributed by atoms with Crippen molar-refractivity contribution in [2.45, 2.75) is 12.2 Å². The van der Waals surface area contributed by atoms with E-state index in [1.54, 1.807) is 7.11 Å². The van der Waals surface area contributed by atoms with Gasteiger partial charge < -0.3 is 4.74 Å². The molecule has 0 saturated carbocycles. The third kappa shape index (κ3) is 0.996. The van der Waals surface area contributed by atoms with Gasteiger partial charge in [0, 0.05) is 5.75 Å². The Kier molecular flexibility index (Phi) is 1.84. The summed E-state index contributed by atoms with van der Waals surface area (Å²) in [6.45, 7) is 2.16. The zero-order chi connectivity index (χ0) is 5.98. The van der Waals surface area contributed by atoms with Crippen LogP contribution in [0.2, 0.25) is 0 Å². The van der Waals surface area contributed by atoms with Crippen LogP contribution in [-0.2, 0) is 4.74 Å². The molecule has 2 heteroatoms. The van der Waals surface area contributed by atoms with Crippen LogP contribution in [-0.4, -0.2) is 18.1 Å². The van der Waals surface area contributed by atoms with Crippen molar-refractivity contribution in [3.63, 3.8) is 0 Å². The number of hydrogen-bond donors (Lipinski definition) is 0. The highest BCUT2D eigenvalue weighted by atomic mass is 32.2. The zero-order valence-electron chi connectivity index (χ0n) is 5.18. The molecular formula is C6H10OS. The monoisotopic (exact) mass is 130 g/mol. The zero-order valence-corrected chi connectivity index (χ0v) is 5.99. The Hall–Kier alpha value is -0.110. The first-order valence-corrected chi connectivity index (χ1v) is 3.75. The van der Waals surface area contributed by atoms with Gasteiger partial charge in [0.1, 0.15) is 5.76 Å². The first-order valence-electron chi connectivity index (χ1n) is 2.70. The second kappa shape index (κ2) is 2.44. The third-order valence-corrected chi connectivity index (χ3v) is 2.36. The maximum Gasteiger partial charge on any atom is 0.105 e. The first kappa shape index (κ1) is 6.02. The molecule has 0 amide bonds. The summed E-state index contributed by atoms with van der Waals surface area (Å²) in [6.07, 6.45) is 2.13. The van der Waals surface area contributed by atoms with Crippen molar-refractivity contribution in [3.8, 4) is 0 Å². The minimum atomic E-state index is 0.583. The lowest BCUT2D eigenvalue weighted by Gasteiger charge is -2.04. The Balaban J connectivity index is 2.49. The second-order valence-electron chi connectivity index (χ2n) is 1.79. The van der Waals surface area contributed by atoms with Gasteiger partial charge in [0.25, 0.3) is 0 Å². The molecule has 0 aromatic carbocycles. The molecule has 0 radical (unpaired) electrons. The predicted molar refractivity (Wildman–Crippen MR) is 37.0 cm³/mol. The summed E-state index contributed by atoms with van der Waals surface area (Å²) in [5.41, 5.74) is 0. The molecular weight excluding hydrogens is 120 g/mol. The molecule has 46 valence electrons. The topological polar surface area (TPSA) is 9.23 Å². The number of rotatable bonds is 1. The van der Waals surface area contributed by atoms with Crippen LogP contribution >= 0.6 is 11.8 Å². The van der Waals surface area contributed by atoms with Crippen molar-refractivity contribution >= 4 is 11.8 Å². The van der Waals surface area contributed by atoms with Gasteiger partial charge in [0.15, 0.2) is 0 Å². The normalized spacial score (nSPS) is 27.8. The summed E-state index contributed by atoms with van der Waals surface area (Å²) in [5, 5.41) is 0.583. The summed E-state index contributed by atoms with van der Waals surface area (Å²) in [4.78, 5) is 0. The van der Waals surface area contributed by atoms with Gasteiger partial charge in [-0.1, -0.05) is 0 Å².